The largest absolute Gasteiger partial charge is 0.314 e. The van der Waals surface area contributed by atoms with Gasteiger partial charge in [0.2, 0.25) is 9.84 Å². The van der Waals surface area contributed by atoms with Crippen molar-refractivity contribution < 1.29 is 12.8 Å². The summed E-state index contributed by atoms with van der Waals surface area (Å²) >= 11 is 5.72. The van der Waals surface area contributed by atoms with Crippen LogP contribution in [-0.2, 0) is 16.4 Å². The minimum Gasteiger partial charge on any atom is -0.314 e. The third-order valence-corrected chi connectivity index (χ3v) is 5.38. The van der Waals surface area contributed by atoms with Crippen LogP contribution in [0, 0.1) is 5.82 Å². The number of nitrogens with zero attached hydrogens (tertiary/aromatic N) is 3. The van der Waals surface area contributed by atoms with Crippen molar-refractivity contribution in [3.63, 3.8) is 0 Å². The Kier molecular flexibility index (Phi) is 6.35. The van der Waals surface area contributed by atoms with Crippen LogP contribution in [0.2, 0.25) is 5.15 Å². The second-order valence-electron chi connectivity index (χ2n) is 5.19. The van der Waals surface area contributed by atoms with Gasteiger partial charge in [-0.3, -0.25) is 0 Å². The maximum atomic E-state index is 14.2. The van der Waals surface area contributed by atoms with E-state index >= 15 is 0 Å². The molecule has 0 aliphatic heterocycles. The molecule has 138 valence electrons. The van der Waals surface area contributed by atoms with Crippen molar-refractivity contribution in [3.05, 3.63) is 65.3 Å². The molecule has 0 unspecified atom stereocenters. The van der Waals surface area contributed by atoms with Crippen LogP contribution in [-0.4, -0.2) is 30.2 Å². The van der Waals surface area contributed by atoms with Gasteiger partial charge in [0.05, 0.1) is 10.6 Å². The van der Waals surface area contributed by atoms with Gasteiger partial charge in [0.15, 0.2) is 5.03 Å². The molecule has 1 N–H and O–H groups in total. The molecule has 0 radical (unpaired) electrons. The molecule has 6 nitrogen and oxygen atoms in total. The summed E-state index contributed by atoms with van der Waals surface area (Å²) in [5.74, 6) is -0.577. The van der Waals surface area contributed by atoms with Crippen LogP contribution in [0.5, 0.6) is 0 Å². The lowest BCUT2D eigenvalue weighted by atomic mass is 10.3. The van der Waals surface area contributed by atoms with Gasteiger partial charge < -0.3 is 5.32 Å². The molecule has 3 rings (SSSR count). The first-order chi connectivity index (χ1) is 11.9. The van der Waals surface area contributed by atoms with E-state index < -0.39 is 15.7 Å². The summed E-state index contributed by atoms with van der Waals surface area (Å²) < 4.78 is 41.2. The first-order valence-electron chi connectivity index (χ1n) is 7.28. The monoisotopic (exact) mass is 416 g/mol. The van der Waals surface area contributed by atoms with Crippen molar-refractivity contribution in [2.75, 3.05) is 7.05 Å². The summed E-state index contributed by atoms with van der Waals surface area (Å²) in [6, 6.07) is 9.98. The number of nitrogens with one attached hydrogen (secondary N) is 1. The number of hydrogen-bond donors (Lipinski definition) is 1. The van der Waals surface area contributed by atoms with Gasteiger partial charge in [-0.1, -0.05) is 23.7 Å². The van der Waals surface area contributed by atoms with Gasteiger partial charge in [0.25, 0.3) is 0 Å². The number of halogens is 3. The molecule has 0 aliphatic rings. The summed E-state index contributed by atoms with van der Waals surface area (Å²) in [7, 11) is -2.26. The maximum absolute atomic E-state index is 14.2. The SMILES string of the molecule is CNCc1cc(S(=O)(=O)c2ccc(Cl)nc2)n(-c2ccccc2F)n1.Cl. The van der Waals surface area contributed by atoms with E-state index in [9.17, 15) is 12.8 Å². The second kappa shape index (κ2) is 8.13. The van der Waals surface area contributed by atoms with Crippen LogP contribution in [0.3, 0.4) is 0 Å². The first-order valence-corrected chi connectivity index (χ1v) is 9.14. The summed E-state index contributed by atoms with van der Waals surface area (Å²) in [5.41, 5.74) is 0.511. The fraction of sp³-hybridized carbons (Fsp3) is 0.125. The van der Waals surface area contributed by atoms with Gasteiger partial charge in [0, 0.05) is 18.8 Å². The molecular weight excluding hydrogens is 402 g/mol. The topological polar surface area (TPSA) is 76.9 Å². The normalized spacial score (nSPS) is 11.2. The van der Waals surface area contributed by atoms with Gasteiger partial charge in [-0.25, -0.2) is 22.5 Å². The lowest BCUT2D eigenvalue weighted by Gasteiger charge is -2.09. The number of pyridine rings is 1. The number of rotatable bonds is 5. The van der Waals surface area contributed by atoms with E-state index in [0.717, 1.165) is 10.9 Å². The third-order valence-electron chi connectivity index (χ3n) is 3.45. The minimum absolute atomic E-state index is 0. The number of hydrogen-bond acceptors (Lipinski definition) is 5. The maximum Gasteiger partial charge on any atom is 0.225 e. The number of sulfone groups is 1. The average molecular weight is 417 g/mol. The van der Waals surface area contributed by atoms with Crippen LogP contribution < -0.4 is 5.32 Å². The molecule has 0 atom stereocenters. The number of benzene rings is 1. The van der Waals surface area contributed by atoms with Gasteiger partial charge in [0.1, 0.15) is 16.7 Å². The standard InChI is InChI=1S/C16H14ClFN4O2S.ClH/c1-19-9-11-8-16(22(21-11)14-5-3-2-4-13(14)18)25(23,24)12-6-7-15(17)20-10-12;/h2-8,10,19H,9H2,1H3;1H. The van der Waals surface area contributed by atoms with Crippen LogP contribution >= 0.6 is 24.0 Å². The lowest BCUT2D eigenvalue weighted by Crippen LogP contribution is -2.11. The van der Waals surface area contributed by atoms with E-state index in [2.05, 4.69) is 15.4 Å². The Morgan fingerprint density at radius 3 is 2.58 bits per heavy atom. The average Bonchev–Trinajstić information content (AvgIpc) is 3.00. The zero-order chi connectivity index (χ0) is 18.0. The zero-order valence-corrected chi connectivity index (χ0v) is 15.9. The van der Waals surface area contributed by atoms with E-state index in [1.807, 2.05) is 0 Å². The quantitative estimate of drug-likeness (QED) is 0.646. The van der Waals surface area contributed by atoms with Crippen molar-refractivity contribution in [2.24, 2.45) is 0 Å². The Balaban J connectivity index is 0.00000243. The van der Waals surface area contributed by atoms with Gasteiger partial charge in [-0.2, -0.15) is 5.10 Å². The van der Waals surface area contributed by atoms with E-state index in [1.54, 1.807) is 13.1 Å². The van der Waals surface area contributed by atoms with Crippen molar-refractivity contribution in [2.45, 2.75) is 16.5 Å². The first kappa shape index (κ1) is 20.3. The van der Waals surface area contributed by atoms with Crippen LogP contribution in [0.4, 0.5) is 4.39 Å². The molecule has 26 heavy (non-hydrogen) atoms. The highest BCUT2D eigenvalue weighted by molar-refractivity contribution is 7.91. The predicted octanol–water partition coefficient (Wildman–Crippen LogP) is 3.03. The van der Waals surface area contributed by atoms with Crippen LogP contribution in [0.1, 0.15) is 5.69 Å². The van der Waals surface area contributed by atoms with Crippen molar-refractivity contribution in [1.29, 1.82) is 0 Å². The molecule has 0 amide bonds. The minimum atomic E-state index is -3.96. The smallest absolute Gasteiger partial charge is 0.225 e. The highest BCUT2D eigenvalue weighted by atomic mass is 35.5. The van der Waals surface area contributed by atoms with Gasteiger partial charge in [-0.15, -0.1) is 12.4 Å². The molecule has 1 aromatic carbocycles. The fourth-order valence-electron chi connectivity index (χ4n) is 2.31. The van der Waals surface area contributed by atoms with Crippen molar-refractivity contribution in [1.82, 2.24) is 20.1 Å². The van der Waals surface area contributed by atoms with E-state index in [-0.39, 0.29) is 33.2 Å². The molecule has 10 heteroatoms. The predicted molar refractivity (Wildman–Crippen MR) is 98.2 cm³/mol. The lowest BCUT2D eigenvalue weighted by molar-refractivity contribution is 0.575. The summed E-state index contributed by atoms with van der Waals surface area (Å²) in [6.07, 6.45) is 1.16. The molecule has 0 saturated heterocycles. The molecule has 0 bridgehead atoms. The van der Waals surface area contributed by atoms with Gasteiger partial charge in [-0.05, 0) is 31.3 Å². The van der Waals surface area contributed by atoms with E-state index in [0.29, 0.717) is 12.2 Å². The zero-order valence-electron chi connectivity index (χ0n) is 13.6. The fourth-order valence-corrected chi connectivity index (χ4v) is 3.76. The highest BCUT2D eigenvalue weighted by Crippen LogP contribution is 2.25. The summed E-state index contributed by atoms with van der Waals surface area (Å²) in [6.45, 7) is 0.336. The van der Waals surface area contributed by atoms with E-state index in [4.69, 9.17) is 11.6 Å². The Labute approximate surface area is 161 Å². The van der Waals surface area contributed by atoms with Crippen molar-refractivity contribution in [3.8, 4) is 5.69 Å². The highest BCUT2D eigenvalue weighted by Gasteiger charge is 2.26. The van der Waals surface area contributed by atoms with E-state index in [1.165, 1.54) is 36.4 Å². The molecule has 0 spiro atoms. The molecule has 2 heterocycles. The molecular formula is C16H15Cl2FN4O2S. The Morgan fingerprint density at radius 1 is 1.23 bits per heavy atom. The number of para-hydroxylation sites is 1. The Hall–Kier alpha value is -2.00. The van der Waals surface area contributed by atoms with Crippen LogP contribution in [0.15, 0.2) is 58.6 Å². The molecule has 2 aromatic heterocycles. The molecule has 0 aliphatic carbocycles. The third kappa shape index (κ3) is 3.88. The summed E-state index contributed by atoms with van der Waals surface area (Å²) in [5, 5.41) is 7.16. The van der Waals surface area contributed by atoms with Crippen LogP contribution in [0.25, 0.3) is 5.69 Å². The van der Waals surface area contributed by atoms with Gasteiger partial charge >= 0.3 is 0 Å². The Bertz CT molecular complexity index is 1010. The summed E-state index contributed by atoms with van der Waals surface area (Å²) in [4.78, 5) is 3.75. The Morgan fingerprint density at radius 2 is 1.96 bits per heavy atom. The second-order valence-corrected chi connectivity index (χ2v) is 7.47. The van der Waals surface area contributed by atoms with Crippen molar-refractivity contribution >= 4 is 33.8 Å². The molecule has 0 saturated carbocycles. The molecule has 0 fully saturated rings. The number of aromatic nitrogens is 3. The molecule has 3 aromatic rings.